The monoisotopic (exact) mass is 352 g/mol. The lowest BCUT2D eigenvalue weighted by Crippen LogP contribution is -2.36. The molecule has 138 valence electrons. The Bertz CT molecular complexity index is 824. The first-order chi connectivity index (χ1) is 12.6. The van der Waals surface area contributed by atoms with Crippen molar-refractivity contribution in [3.8, 4) is 0 Å². The van der Waals surface area contributed by atoms with Gasteiger partial charge in [0.2, 0.25) is 0 Å². The second kappa shape index (κ2) is 8.35. The Labute approximate surface area is 155 Å². The lowest BCUT2D eigenvalue weighted by molar-refractivity contribution is 0.0782. The number of pyridine rings is 1. The van der Waals surface area contributed by atoms with E-state index in [0.717, 1.165) is 49.8 Å². The molecule has 4 nitrogen and oxygen atoms in total. The van der Waals surface area contributed by atoms with E-state index in [-0.39, 0.29) is 11.5 Å². The van der Waals surface area contributed by atoms with Crippen molar-refractivity contribution in [2.45, 2.75) is 58.5 Å². The third-order valence-electron chi connectivity index (χ3n) is 5.18. The van der Waals surface area contributed by atoms with Crippen molar-refractivity contribution in [1.82, 2.24) is 9.47 Å². The molecule has 0 unspecified atom stereocenters. The summed E-state index contributed by atoms with van der Waals surface area (Å²) in [6, 6.07) is 11.7. The van der Waals surface area contributed by atoms with Crippen molar-refractivity contribution >= 4 is 5.91 Å². The highest BCUT2D eigenvalue weighted by Gasteiger charge is 2.23. The van der Waals surface area contributed by atoms with E-state index in [1.807, 2.05) is 41.0 Å². The lowest BCUT2D eigenvalue weighted by Gasteiger charge is -2.24. The smallest absolute Gasteiger partial charge is 0.263 e. The molecule has 0 radical (unpaired) electrons. The second-order valence-corrected chi connectivity index (χ2v) is 7.19. The molecule has 1 aromatic carbocycles. The van der Waals surface area contributed by atoms with Gasteiger partial charge in [0.1, 0.15) is 5.56 Å². The zero-order valence-electron chi connectivity index (χ0n) is 15.8. The van der Waals surface area contributed by atoms with E-state index in [1.54, 1.807) is 11.9 Å². The highest BCUT2D eigenvalue weighted by molar-refractivity contribution is 5.94. The zero-order chi connectivity index (χ0) is 18.5. The number of rotatable bonds is 6. The third-order valence-corrected chi connectivity index (χ3v) is 5.18. The minimum atomic E-state index is -0.183. The molecule has 0 spiro atoms. The number of carbonyl (C=O) groups excluding carboxylic acids is 1. The Morgan fingerprint density at radius 1 is 1.15 bits per heavy atom. The van der Waals surface area contributed by atoms with E-state index in [9.17, 15) is 9.59 Å². The first kappa shape index (κ1) is 18.4. The fourth-order valence-electron chi connectivity index (χ4n) is 3.72. The van der Waals surface area contributed by atoms with Crippen LogP contribution in [0.4, 0.5) is 0 Å². The largest absolute Gasteiger partial charge is 0.337 e. The fraction of sp³-hybridized carbons (Fsp3) is 0.455. The van der Waals surface area contributed by atoms with Crippen LogP contribution in [0.5, 0.6) is 0 Å². The second-order valence-electron chi connectivity index (χ2n) is 7.19. The average molecular weight is 352 g/mol. The number of carbonyl (C=O) groups is 1. The molecule has 0 bridgehead atoms. The number of benzene rings is 1. The molecule has 0 saturated carbocycles. The minimum absolute atomic E-state index is 0.121. The van der Waals surface area contributed by atoms with Crippen LogP contribution in [0.15, 0.2) is 41.2 Å². The van der Waals surface area contributed by atoms with E-state index in [4.69, 9.17) is 0 Å². The SMILES string of the molecule is CCCCn1c2c(cc(C(=O)N(C)Cc3ccccc3)c1=O)CCCC2. The molecule has 2 aromatic rings. The Morgan fingerprint density at radius 2 is 1.88 bits per heavy atom. The number of nitrogens with zero attached hydrogens (tertiary/aromatic N) is 2. The highest BCUT2D eigenvalue weighted by Crippen LogP contribution is 2.22. The summed E-state index contributed by atoms with van der Waals surface area (Å²) < 4.78 is 1.88. The molecule has 1 heterocycles. The third kappa shape index (κ3) is 3.90. The first-order valence-corrected chi connectivity index (χ1v) is 9.66. The molecule has 1 aliphatic rings. The standard InChI is InChI=1S/C22H28N2O2/c1-3-4-14-24-20-13-9-8-12-18(20)15-19(22(24)26)21(25)23(2)16-17-10-6-5-7-11-17/h5-7,10-11,15H,3-4,8-9,12-14,16H2,1-2H3. The van der Waals surface area contributed by atoms with Crippen molar-refractivity contribution < 1.29 is 4.79 Å². The van der Waals surface area contributed by atoms with Gasteiger partial charge in [0.05, 0.1) is 0 Å². The molecule has 1 aromatic heterocycles. The van der Waals surface area contributed by atoms with Crippen LogP contribution in [0.3, 0.4) is 0 Å². The molecular formula is C22H28N2O2. The summed E-state index contributed by atoms with van der Waals surface area (Å²) in [5, 5.41) is 0. The Balaban J connectivity index is 1.93. The minimum Gasteiger partial charge on any atom is -0.337 e. The van der Waals surface area contributed by atoms with Gasteiger partial charge in [0.25, 0.3) is 11.5 Å². The predicted octanol–water partition coefficient (Wildman–Crippen LogP) is 3.80. The van der Waals surface area contributed by atoms with Crippen LogP contribution in [0.1, 0.15) is 59.8 Å². The van der Waals surface area contributed by atoms with Crippen LogP contribution >= 0.6 is 0 Å². The Kier molecular flexibility index (Phi) is 5.92. The molecule has 4 heteroatoms. The van der Waals surface area contributed by atoms with Gasteiger partial charge in [-0.05, 0) is 49.3 Å². The van der Waals surface area contributed by atoms with Crippen LogP contribution in [-0.4, -0.2) is 22.4 Å². The fourth-order valence-corrected chi connectivity index (χ4v) is 3.72. The number of fused-ring (bicyclic) bond motifs is 1. The van der Waals surface area contributed by atoms with Crippen molar-refractivity contribution in [2.75, 3.05) is 7.05 Å². The average Bonchev–Trinajstić information content (AvgIpc) is 2.67. The lowest BCUT2D eigenvalue weighted by atomic mass is 9.94. The molecule has 0 fully saturated rings. The molecule has 0 aliphatic heterocycles. The Morgan fingerprint density at radius 3 is 2.62 bits per heavy atom. The van der Waals surface area contributed by atoms with E-state index in [0.29, 0.717) is 18.7 Å². The van der Waals surface area contributed by atoms with Gasteiger partial charge < -0.3 is 9.47 Å². The molecule has 1 aliphatic carbocycles. The van der Waals surface area contributed by atoms with Crippen LogP contribution in [0, 0.1) is 0 Å². The molecule has 0 saturated heterocycles. The summed E-state index contributed by atoms with van der Waals surface area (Å²) >= 11 is 0. The summed E-state index contributed by atoms with van der Waals surface area (Å²) in [4.78, 5) is 27.7. The van der Waals surface area contributed by atoms with Crippen molar-refractivity contribution in [2.24, 2.45) is 0 Å². The number of aryl methyl sites for hydroxylation is 1. The van der Waals surface area contributed by atoms with Gasteiger partial charge in [-0.15, -0.1) is 0 Å². The maximum atomic E-state index is 13.1. The van der Waals surface area contributed by atoms with Crippen LogP contribution in [-0.2, 0) is 25.9 Å². The summed E-state index contributed by atoms with van der Waals surface area (Å²) in [6.45, 7) is 3.34. The van der Waals surface area contributed by atoms with Crippen LogP contribution in [0.25, 0.3) is 0 Å². The first-order valence-electron chi connectivity index (χ1n) is 9.66. The van der Waals surface area contributed by atoms with E-state index in [1.165, 1.54) is 5.56 Å². The molecule has 1 amide bonds. The highest BCUT2D eigenvalue weighted by atomic mass is 16.2. The van der Waals surface area contributed by atoms with E-state index in [2.05, 4.69) is 6.92 Å². The normalized spacial score (nSPS) is 13.3. The van der Waals surface area contributed by atoms with E-state index < -0.39 is 0 Å². The van der Waals surface area contributed by atoms with Gasteiger partial charge >= 0.3 is 0 Å². The molecule has 0 N–H and O–H groups in total. The van der Waals surface area contributed by atoms with Crippen molar-refractivity contribution in [3.05, 3.63) is 69.1 Å². The predicted molar refractivity (Wildman–Crippen MR) is 104 cm³/mol. The number of amides is 1. The van der Waals surface area contributed by atoms with Gasteiger partial charge in [-0.1, -0.05) is 43.7 Å². The van der Waals surface area contributed by atoms with Crippen molar-refractivity contribution in [3.63, 3.8) is 0 Å². The maximum absolute atomic E-state index is 13.1. The maximum Gasteiger partial charge on any atom is 0.263 e. The van der Waals surface area contributed by atoms with Crippen molar-refractivity contribution in [1.29, 1.82) is 0 Å². The molecule has 3 rings (SSSR count). The number of unbranched alkanes of at least 4 members (excludes halogenated alkanes) is 1. The number of aromatic nitrogens is 1. The van der Waals surface area contributed by atoms with Gasteiger partial charge in [-0.3, -0.25) is 9.59 Å². The van der Waals surface area contributed by atoms with E-state index >= 15 is 0 Å². The Hall–Kier alpha value is -2.36. The summed E-state index contributed by atoms with van der Waals surface area (Å²) in [5.41, 5.74) is 3.59. The number of hydrogen-bond donors (Lipinski definition) is 0. The molecule has 26 heavy (non-hydrogen) atoms. The molecular weight excluding hydrogens is 324 g/mol. The van der Waals surface area contributed by atoms with Crippen LogP contribution < -0.4 is 5.56 Å². The summed E-state index contributed by atoms with van der Waals surface area (Å²) in [5.74, 6) is -0.183. The summed E-state index contributed by atoms with van der Waals surface area (Å²) in [7, 11) is 1.77. The van der Waals surface area contributed by atoms with Gasteiger partial charge in [-0.2, -0.15) is 0 Å². The number of hydrogen-bond acceptors (Lipinski definition) is 2. The molecule has 0 atom stereocenters. The zero-order valence-corrected chi connectivity index (χ0v) is 15.8. The van der Waals surface area contributed by atoms with Gasteiger partial charge in [-0.25, -0.2) is 0 Å². The van der Waals surface area contributed by atoms with Crippen LogP contribution in [0.2, 0.25) is 0 Å². The van der Waals surface area contributed by atoms with Gasteiger partial charge in [0, 0.05) is 25.8 Å². The topological polar surface area (TPSA) is 42.3 Å². The van der Waals surface area contributed by atoms with Gasteiger partial charge in [0.15, 0.2) is 0 Å². The quantitative estimate of drug-likeness (QED) is 0.793. The summed E-state index contributed by atoms with van der Waals surface area (Å²) in [6.07, 6.45) is 6.16.